The largest absolute Gasteiger partial charge is 0.465 e. The van der Waals surface area contributed by atoms with Crippen LogP contribution < -0.4 is 4.90 Å². The Morgan fingerprint density at radius 3 is 2.78 bits per heavy atom. The first-order valence-corrected chi connectivity index (χ1v) is 5.81. The Balaban J connectivity index is 2.35. The van der Waals surface area contributed by atoms with E-state index >= 15 is 0 Å². The molecule has 0 aliphatic carbocycles. The summed E-state index contributed by atoms with van der Waals surface area (Å²) in [5.74, 6) is -1.20. The molecule has 18 heavy (non-hydrogen) atoms. The van der Waals surface area contributed by atoms with Gasteiger partial charge in [-0.15, -0.1) is 0 Å². The second-order valence-corrected chi connectivity index (χ2v) is 4.19. The molecule has 1 aliphatic rings. The lowest BCUT2D eigenvalue weighted by atomic mass is 10.1. The Labute approximate surface area is 104 Å². The number of amides is 1. The second kappa shape index (κ2) is 5.16. The normalized spacial score (nSPS) is 15.7. The Kier molecular flexibility index (Phi) is 3.60. The number of benzene rings is 1. The van der Waals surface area contributed by atoms with Crippen molar-refractivity contribution >= 4 is 17.6 Å². The van der Waals surface area contributed by atoms with Gasteiger partial charge in [0.2, 0.25) is 5.91 Å². The molecule has 0 aromatic heterocycles. The van der Waals surface area contributed by atoms with E-state index in [0.29, 0.717) is 18.7 Å². The summed E-state index contributed by atoms with van der Waals surface area (Å²) in [6.07, 6.45) is 2.20. The first-order valence-electron chi connectivity index (χ1n) is 5.81. The van der Waals surface area contributed by atoms with Crippen LogP contribution >= 0.6 is 0 Å². The number of nitrogens with zero attached hydrogens (tertiary/aromatic N) is 1. The van der Waals surface area contributed by atoms with Gasteiger partial charge in [0.15, 0.2) is 0 Å². The number of hydrogen-bond donors (Lipinski definition) is 0. The quantitative estimate of drug-likeness (QED) is 0.756. The summed E-state index contributed by atoms with van der Waals surface area (Å²) < 4.78 is 18.0. The molecule has 0 spiro atoms. The zero-order valence-corrected chi connectivity index (χ0v) is 10.1. The molecule has 5 heteroatoms. The van der Waals surface area contributed by atoms with Crippen LogP contribution in [0.4, 0.5) is 10.1 Å². The number of anilines is 1. The minimum atomic E-state index is -0.611. The molecular formula is C13H14FNO3. The fraction of sp³-hybridized carbons (Fsp3) is 0.385. The minimum absolute atomic E-state index is 0.0392. The average Bonchev–Trinajstić information content (AvgIpc) is 2.37. The second-order valence-electron chi connectivity index (χ2n) is 4.19. The summed E-state index contributed by atoms with van der Waals surface area (Å²) in [5.41, 5.74) is 0.533. The van der Waals surface area contributed by atoms with Crippen LogP contribution in [0.5, 0.6) is 0 Å². The maximum atomic E-state index is 13.5. The number of ether oxygens (including phenoxy) is 1. The number of hydrogen-bond acceptors (Lipinski definition) is 3. The van der Waals surface area contributed by atoms with Crippen LogP contribution in [-0.2, 0) is 9.53 Å². The van der Waals surface area contributed by atoms with E-state index in [4.69, 9.17) is 0 Å². The highest BCUT2D eigenvalue weighted by molar-refractivity contribution is 5.96. The SMILES string of the molecule is COC(=O)c1cc(F)cc(N2CCCCC2=O)c1. The van der Waals surface area contributed by atoms with E-state index in [9.17, 15) is 14.0 Å². The molecule has 1 fully saturated rings. The minimum Gasteiger partial charge on any atom is -0.465 e. The van der Waals surface area contributed by atoms with Gasteiger partial charge in [-0.2, -0.15) is 0 Å². The van der Waals surface area contributed by atoms with Crippen molar-refractivity contribution in [2.75, 3.05) is 18.6 Å². The lowest BCUT2D eigenvalue weighted by Gasteiger charge is -2.27. The third kappa shape index (κ3) is 2.50. The van der Waals surface area contributed by atoms with Gasteiger partial charge in [-0.05, 0) is 31.0 Å². The van der Waals surface area contributed by atoms with E-state index in [1.807, 2.05) is 0 Å². The monoisotopic (exact) mass is 251 g/mol. The zero-order chi connectivity index (χ0) is 13.1. The van der Waals surface area contributed by atoms with Crippen LogP contribution in [0.1, 0.15) is 29.6 Å². The van der Waals surface area contributed by atoms with E-state index in [2.05, 4.69) is 4.74 Å². The number of carbonyl (C=O) groups is 2. The number of methoxy groups -OCH3 is 1. The van der Waals surface area contributed by atoms with Gasteiger partial charge in [-0.1, -0.05) is 0 Å². The Morgan fingerprint density at radius 2 is 2.11 bits per heavy atom. The molecular weight excluding hydrogens is 237 g/mol. The van der Waals surface area contributed by atoms with Gasteiger partial charge in [0.05, 0.1) is 12.7 Å². The molecule has 0 atom stereocenters. The van der Waals surface area contributed by atoms with Crippen molar-refractivity contribution in [3.8, 4) is 0 Å². The van der Waals surface area contributed by atoms with Gasteiger partial charge in [0.1, 0.15) is 5.82 Å². The average molecular weight is 251 g/mol. The third-order valence-corrected chi connectivity index (χ3v) is 2.94. The molecule has 1 amide bonds. The molecule has 0 radical (unpaired) electrons. The molecule has 1 aliphatic heterocycles. The number of rotatable bonds is 2. The van der Waals surface area contributed by atoms with Crippen molar-refractivity contribution in [2.45, 2.75) is 19.3 Å². The maximum absolute atomic E-state index is 13.5. The predicted molar refractivity (Wildman–Crippen MR) is 63.9 cm³/mol. The molecule has 1 aromatic carbocycles. The van der Waals surface area contributed by atoms with Crippen LogP contribution in [0.3, 0.4) is 0 Å². The van der Waals surface area contributed by atoms with Crippen molar-refractivity contribution in [1.82, 2.24) is 0 Å². The fourth-order valence-corrected chi connectivity index (χ4v) is 2.04. The summed E-state index contributed by atoms with van der Waals surface area (Å²) in [6.45, 7) is 0.558. The van der Waals surface area contributed by atoms with E-state index in [-0.39, 0.29) is 11.5 Å². The van der Waals surface area contributed by atoms with Crippen molar-refractivity contribution < 1.29 is 18.7 Å². The molecule has 1 saturated heterocycles. The molecule has 1 aromatic rings. The summed E-state index contributed by atoms with van der Waals surface area (Å²) >= 11 is 0. The summed E-state index contributed by atoms with van der Waals surface area (Å²) in [6, 6.07) is 3.84. The summed E-state index contributed by atoms with van der Waals surface area (Å²) in [4.78, 5) is 24.6. The number of halogens is 1. The van der Waals surface area contributed by atoms with Gasteiger partial charge >= 0.3 is 5.97 Å². The molecule has 96 valence electrons. The van der Waals surface area contributed by atoms with Crippen molar-refractivity contribution in [3.63, 3.8) is 0 Å². The summed E-state index contributed by atoms with van der Waals surface area (Å²) in [7, 11) is 1.24. The maximum Gasteiger partial charge on any atom is 0.338 e. The van der Waals surface area contributed by atoms with Crippen molar-refractivity contribution in [1.29, 1.82) is 0 Å². The highest BCUT2D eigenvalue weighted by atomic mass is 19.1. The van der Waals surface area contributed by atoms with Gasteiger partial charge in [-0.3, -0.25) is 4.79 Å². The molecule has 2 rings (SSSR count). The third-order valence-electron chi connectivity index (χ3n) is 2.94. The van der Waals surface area contributed by atoms with Crippen molar-refractivity contribution in [3.05, 3.63) is 29.6 Å². The van der Waals surface area contributed by atoms with Gasteiger partial charge in [-0.25, -0.2) is 9.18 Å². The van der Waals surface area contributed by atoms with E-state index in [0.717, 1.165) is 18.9 Å². The highest BCUT2D eigenvalue weighted by Gasteiger charge is 2.21. The van der Waals surface area contributed by atoms with Crippen molar-refractivity contribution in [2.24, 2.45) is 0 Å². The summed E-state index contributed by atoms with van der Waals surface area (Å²) in [5, 5.41) is 0. The molecule has 0 unspecified atom stereocenters. The van der Waals surface area contributed by atoms with Crippen LogP contribution in [-0.4, -0.2) is 25.5 Å². The lowest BCUT2D eigenvalue weighted by molar-refractivity contribution is -0.119. The zero-order valence-electron chi connectivity index (χ0n) is 10.1. The van der Waals surface area contributed by atoms with Crippen LogP contribution in [0, 0.1) is 5.82 Å². The molecule has 0 N–H and O–H groups in total. The molecule has 4 nitrogen and oxygen atoms in total. The van der Waals surface area contributed by atoms with E-state index in [1.165, 1.54) is 24.1 Å². The Hall–Kier alpha value is -1.91. The fourth-order valence-electron chi connectivity index (χ4n) is 2.04. The molecule has 0 bridgehead atoms. The smallest absolute Gasteiger partial charge is 0.338 e. The van der Waals surface area contributed by atoms with Crippen LogP contribution in [0.2, 0.25) is 0 Å². The van der Waals surface area contributed by atoms with Crippen LogP contribution in [0.15, 0.2) is 18.2 Å². The predicted octanol–water partition coefficient (Wildman–Crippen LogP) is 2.13. The standard InChI is InChI=1S/C13H14FNO3/c1-18-13(17)9-6-10(14)8-11(7-9)15-5-3-2-4-12(15)16/h6-8H,2-5H2,1H3. The number of piperidine rings is 1. The topological polar surface area (TPSA) is 46.6 Å². The first kappa shape index (κ1) is 12.5. The highest BCUT2D eigenvalue weighted by Crippen LogP contribution is 2.23. The Morgan fingerprint density at radius 1 is 1.33 bits per heavy atom. The number of carbonyl (C=O) groups excluding carboxylic acids is 2. The molecule has 1 heterocycles. The first-order chi connectivity index (χ1) is 8.61. The van der Waals surface area contributed by atoms with E-state index < -0.39 is 11.8 Å². The van der Waals surface area contributed by atoms with Gasteiger partial charge < -0.3 is 9.64 Å². The lowest BCUT2D eigenvalue weighted by Crippen LogP contribution is -2.35. The van der Waals surface area contributed by atoms with E-state index in [1.54, 1.807) is 0 Å². The van der Waals surface area contributed by atoms with Gasteiger partial charge in [0.25, 0.3) is 0 Å². The van der Waals surface area contributed by atoms with Crippen LogP contribution in [0.25, 0.3) is 0 Å². The van der Waals surface area contributed by atoms with Gasteiger partial charge in [0, 0.05) is 18.7 Å². The molecule has 0 saturated carbocycles. The number of esters is 1. The Bertz CT molecular complexity index is 487.